The van der Waals surface area contributed by atoms with Crippen LogP contribution in [0.25, 0.3) is 0 Å². The van der Waals surface area contributed by atoms with Crippen LogP contribution in [0.4, 0.5) is 79.4 Å². The topological polar surface area (TPSA) is 66.8 Å². The Morgan fingerprint density at radius 3 is 1.64 bits per heavy atom. The van der Waals surface area contributed by atoms with E-state index in [9.17, 15) is 80.6 Å². The molecule has 0 aliphatic carbocycles. The van der Waals surface area contributed by atoms with Crippen molar-refractivity contribution in [2.75, 3.05) is 0 Å². The first-order chi connectivity index (χ1) is 20.9. The molecule has 5 nitrogen and oxygen atoms in total. The minimum absolute atomic E-state index is 0.294. The van der Waals surface area contributed by atoms with Crippen molar-refractivity contribution < 1.29 is 94.1 Å². The molecule has 0 saturated carbocycles. The molecular weight excluding hydrogens is 701 g/mol. The van der Waals surface area contributed by atoms with Crippen LogP contribution in [0.3, 0.4) is 0 Å². The Kier molecular flexibility index (Phi) is 10.4. The average molecular weight is 721 g/mol. The summed E-state index contributed by atoms with van der Waals surface area (Å²) in [6, 6.07) is 2.56. The van der Waals surface area contributed by atoms with E-state index in [4.69, 9.17) is 0 Å². The molecule has 0 unspecified atom stereocenters. The van der Waals surface area contributed by atoms with E-state index in [1.165, 1.54) is 13.0 Å². The van der Waals surface area contributed by atoms with Crippen molar-refractivity contribution in [1.82, 2.24) is 4.90 Å². The van der Waals surface area contributed by atoms with Gasteiger partial charge in [0.05, 0.1) is 18.1 Å². The van der Waals surface area contributed by atoms with Crippen LogP contribution in [0.1, 0.15) is 19.4 Å². The maximum Gasteiger partial charge on any atom is 0.460 e. The molecule has 0 bridgehead atoms. The number of hydrogen-bond donors (Lipinski definition) is 1. The first kappa shape index (κ1) is 39.8. The zero-order valence-electron chi connectivity index (χ0n) is 23.1. The van der Waals surface area contributed by atoms with E-state index < -0.39 is 95.1 Å². The molecule has 268 valence electrons. The number of aliphatic hydroxyl groups is 1. The standard InChI is InChI=1S/C25H20F17NO4/c1-3-7-14(44)11(2)16(45)43-13(10-12-8-5-4-6-9-12)15(47-17(43)46)18(26,27)19(28,29)20(30,31)21(32,33)22(34,35)23(36,37)24(38,39)25(40,41)42/h3-9,11,13-15,44H,10H2,1-2H3/b7-3+/t11-,13-,14+,15-/m0/s1. The Balaban J connectivity index is 2.73. The molecule has 1 aliphatic heterocycles. The fourth-order valence-electron chi connectivity index (χ4n) is 4.22. The number of nitrogens with zero attached hydrogens (tertiary/aromatic N) is 1. The van der Waals surface area contributed by atoms with Crippen LogP contribution < -0.4 is 0 Å². The van der Waals surface area contributed by atoms with Gasteiger partial charge in [-0.3, -0.25) is 4.79 Å². The molecule has 1 saturated heterocycles. The van der Waals surface area contributed by atoms with Gasteiger partial charge in [-0.1, -0.05) is 49.4 Å². The fourth-order valence-corrected chi connectivity index (χ4v) is 4.22. The maximum absolute atomic E-state index is 15.3. The summed E-state index contributed by atoms with van der Waals surface area (Å²) < 4.78 is 240. The molecule has 2 rings (SSSR count). The number of alkyl halides is 17. The molecule has 0 radical (unpaired) electrons. The van der Waals surface area contributed by atoms with Crippen molar-refractivity contribution in [2.24, 2.45) is 5.92 Å². The highest BCUT2D eigenvalue weighted by Gasteiger charge is 2.96. The number of benzene rings is 1. The minimum Gasteiger partial charge on any atom is -0.437 e. The van der Waals surface area contributed by atoms with Gasteiger partial charge in [0, 0.05) is 0 Å². The van der Waals surface area contributed by atoms with Crippen LogP contribution >= 0.6 is 0 Å². The molecule has 1 aliphatic rings. The second kappa shape index (κ2) is 12.3. The van der Waals surface area contributed by atoms with Gasteiger partial charge in [0.1, 0.15) is 0 Å². The molecular formula is C25H20F17NO4. The second-order valence-electron chi connectivity index (χ2n) is 10.1. The van der Waals surface area contributed by atoms with E-state index in [2.05, 4.69) is 4.74 Å². The third kappa shape index (κ3) is 5.98. The van der Waals surface area contributed by atoms with E-state index in [1.807, 2.05) is 0 Å². The third-order valence-electron chi connectivity index (χ3n) is 7.03. The van der Waals surface area contributed by atoms with Crippen LogP contribution in [-0.2, 0) is 16.0 Å². The first-order valence-electron chi connectivity index (χ1n) is 12.5. The molecule has 1 fully saturated rings. The normalized spacial score (nSPS) is 20.9. The average Bonchev–Trinajstić information content (AvgIpc) is 3.27. The smallest absolute Gasteiger partial charge is 0.437 e. The van der Waals surface area contributed by atoms with E-state index in [-0.39, 0.29) is 5.56 Å². The van der Waals surface area contributed by atoms with Crippen molar-refractivity contribution in [3.05, 3.63) is 48.0 Å². The van der Waals surface area contributed by atoms with Crippen LogP contribution in [0.15, 0.2) is 42.5 Å². The lowest BCUT2D eigenvalue weighted by atomic mass is 9.85. The number of hydrogen-bond acceptors (Lipinski definition) is 4. The number of ether oxygens (including phenoxy) is 1. The fraction of sp³-hybridized carbons (Fsp3) is 0.600. The molecule has 1 N–H and O–H groups in total. The number of carbonyl (C=O) groups excluding carboxylic acids is 2. The van der Waals surface area contributed by atoms with Gasteiger partial charge in [-0.15, -0.1) is 0 Å². The van der Waals surface area contributed by atoms with Gasteiger partial charge in [0.25, 0.3) is 0 Å². The van der Waals surface area contributed by atoms with Gasteiger partial charge < -0.3 is 9.84 Å². The molecule has 1 heterocycles. The lowest BCUT2D eigenvalue weighted by Gasteiger charge is -2.43. The Hall–Kier alpha value is -3.33. The van der Waals surface area contributed by atoms with E-state index >= 15 is 8.78 Å². The predicted octanol–water partition coefficient (Wildman–Crippen LogP) is 7.53. The molecule has 1 aromatic rings. The van der Waals surface area contributed by atoms with Crippen LogP contribution in [0.5, 0.6) is 0 Å². The number of rotatable bonds is 12. The highest BCUT2D eigenvalue weighted by atomic mass is 19.4. The summed E-state index contributed by atoms with van der Waals surface area (Å²) in [4.78, 5) is 25.0. The number of amides is 2. The van der Waals surface area contributed by atoms with Gasteiger partial charge in [-0.2, -0.15) is 74.6 Å². The minimum atomic E-state index is -8.84. The third-order valence-corrected chi connectivity index (χ3v) is 7.03. The van der Waals surface area contributed by atoms with Crippen molar-refractivity contribution >= 4 is 12.0 Å². The van der Waals surface area contributed by atoms with Crippen molar-refractivity contribution in [3.8, 4) is 0 Å². The number of halogens is 17. The maximum atomic E-state index is 15.3. The number of cyclic esters (lactones) is 1. The van der Waals surface area contributed by atoms with Crippen LogP contribution in [0.2, 0.25) is 0 Å². The van der Waals surface area contributed by atoms with Gasteiger partial charge in [-0.05, 0) is 18.9 Å². The van der Waals surface area contributed by atoms with Gasteiger partial charge in [0.2, 0.25) is 5.91 Å². The first-order valence-corrected chi connectivity index (χ1v) is 12.5. The molecule has 22 heteroatoms. The Morgan fingerprint density at radius 1 is 0.787 bits per heavy atom. The summed E-state index contributed by atoms with van der Waals surface area (Å²) in [7, 11) is 0. The summed E-state index contributed by atoms with van der Waals surface area (Å²) >= 11 is 0. The highest BCUT2D eigenvalue weighted by Crippen LogP contribution is 2.64. The van der Waals surface area contributed by atoms with Crippen LogP contribution in [0, 0.1) is 5.92 Å². The van der Waals surface area contributed by atoms with Gasteiger partial charge in [-0.25, -0.2) is 9.69 Å². The summed E-state index contributed by atoms with van der Waals surface area (Å²) in [6.07, 6.45) is -15.6. The Morgan fingerprint density at radius 2 is 1.21 bits per heavy atom. The SMILES string of the molecule is C/C=C/[C@@H](O)[C@H](C)C(=O)N1C(=O)O[C@H](C(F)(F)C(F)(F)C(F)(F)C(F)(F)C(F)(F)C(F)(F)C(F)(F)C(F)(F)F)[C@@H]1Cc1ccccc1. The van der Waals surface area contributed by atoms with Crippen molar-refractivity contribution in [2.45, 2.75) is 86.2 Å². The second-order valence-corrected chi connectivity index (χ2v) is 10.1. The molecule has 1 aromatic carbocycles. The predicted molar refractivity (Wildman–Crippen MR) is 122 cm³/mol. The zero-order valence-corrected chi connectivity index (χ0v) is 23.1. The summed E-state index contributed by atoms with van der Waals surface area (Å²) in [6.45, 7) is 2.12. The number of allylic oxidation sites excluding steroid dienone is 1. The number of aliphatic hydroxyl groups excluding tert-OH is 1. The molecule has 2 amide bonds. The highest BCUT2D eigenvalue weighted by molar-refractivity contribution is 5.95. The van der Waals surface area contributed by atoms with E-state index in [0.29, 0.717) is 0 Å². The lowest BCUT2D eigenvalue weighted by Crippen LogP contribution is -2.75. The molecule has 0 spiro atoms. The van der Waals surface area contributed by atoms with Gasteiger partial charge in [0.15, 0.2) is 6.10 Å². The Labute approximate surface area is 251 Å². The van der Waals surface area contributed by atoms with Crippen molar-refractivity contribution in [1.29, 1.82) is 0 Å². The molecule has 4 atom stereocenters. The molecule has 0 aromatic heterocycles. The quantitative estimate of drug-likeness (QED) is 0.179. The largest absolute Gasteiger partial charge is 0.460 e. The molecule has 47 heavy (non-hydrogen) atoms. The summed E-state index contributed by atoms with van der Waals surface area (Å²) in [5.41, 5.74) is -0.294. The van der Waals surface area contributed by atoms with Gasteiger partial charge >= 0.3 is 53.7 Å². The number of imide groups is 1. The van der Waals surface area contributed by atoms with E-state index in [0.717, 1.165) is 43.3 Å². The Bertz CT molecular complexity index is 1330. The summed E-state index contributed by atoms with van der Waals surface area (Å²) in [5, 5.41) is 10.0. The van der Waals surface area contributed by atoms with Crippen LogP contribution in [-0.4, -0.2) is 87.9 Å². The lowest BCUT2D eigenvalue weighted by molar-refractivity contribution is -0.463. The summed E-state index contributed by atoms with van der Waals surface area (Å²) in [5.74, 6) is -62.1. The van der Waals surface area contributed by atoms with E-state index in [1.54, 1.807) is 0 Å². The number of carbonyl (C=O) groups is 2. The zero-order chi connectivity index (χ0) is 37.0. The van der Waals surface area contributed by atoms with Crippen molar-refractivity contribution in [3.63, 3.8) is 0 Å². The monoisotopic (exact) mass is 721 g/mol.